The molecule has 1 aliphatic rings. The first-order chi connectivity index (χ1) is 9.87. The lowest BCUT2D eigenvalue weighted by molar-refractivity contribution is -0.384. The molecule has 1 fully saturated rings. The third kappa shape index (κ3) is 3.33. The van der Waals surface area contributed by atoms with Crippen LogP contribution < -0.4 is 5.32 Å². The zero-order valence-electron chi connectivity index (χ0n) is 12.1. The summed E-state index contributed by atoms with van der Waals surface area (Å²) < 4.78 is 26.2. The van der Waals surface area contributed by atoms with Crippen LogP contribution in [-0.4, -0.2) is 37.3 Å². The summed E-state index contributed by atoms with van der Waals surface area (Å²) in [6.07, 6.45) is 2.52. The smallest absolute Gasteiger partial charge is 0.292 e. The van der Waals surface area contributed by atoms with Crippen LogP contribution in [0.15, 0.2) is 23.1 Å². The lowest BCUT2D eigenvalue weighted by Crippen LogP contribution is -2.29. The average molecular weight is 313 g/mol. The highest BCUT2D eigenvalue weighted by Crippen LogP contribution is 2.33. The number of hydrogen-bond donors (Lipinski definition) is 1. The number of nitro groups is 1. The molecule has 0 bridgehead atoms. The SMILES string of the molecule is CCCNc1cc(S(=O)(=O)N(C)C2CC2)ccc1[N+](=O)[O-]. The number of nitro benzene ring substituents is 1. The summed E-state index contributed by atoms with van der Waals surface area (Å²) in [5.41, 5.74) is 0.128. The molecule has 1 saturated carbocycles. The van der Waals surface area contributed by atoms with E-state index in [0.717, 1.165) is 19.3 Å². The van der Waals surface area contributed by atoms with Gasteiger partial charge in [0.25, 0.3) is 5.69 Å². The van der Waals surface area contributed by atoms with E-state index in [9.17, 15) is 18.5 Å². The normalized spacial score (nSPS) is 15.2. The van der Waals surface area contributed by atoms with Crippen LogP contribution in [0.4, 0.5) is 11.4 Å². The van der Waals surface area contributed by atoms with Crippen LogP contribution in [0.2, 0.25) is 0 Å². The van der Waals surface area contributed by atoms with E-state index < -0.39 is 14.9 Å². The number of rotatable bonds is 7. The van der Waals surface area contributed by atoms with Gasteiger partial charge in [-0.3, -0.25) is 10.1 Å². The van der Waals surface area contributed by atoms with Crippen molar-refractivity contribution in [2.45, 2.75) is 37.1 Å². The van der Waals surface area contributed by atoms with Crippen molar-refractivity contribution >= 4 is 21.4 Å². The molecule has 21 heavy (non-hydrogen) atoms. The lowest BCUT2D eigenvalue weighted by Gasteiger charge is -2.17. The predicted molar refractivity (Wildman–Crippen MR) is 79.8 cm³/mol. The summed E-state index contributed by atoms with van der Waals surface area (Å²) in [6, 6.07) is 3.94. The molecule has 0 aliphatic heterocycles. The zero-order chi connectivity index (χ0) is 15.6. The van der Waals surface area contributed by atoms with Crippen molar-refractivity contribution in [3.05, 3.63) is 28.3 Å². The van der Waals surface area contributed by atoms with E-state index in [4.69, 9.17) is 0 Å². The minimum atomic E-state index is -3.60. The molecule has 0 heterocycles. The van der Waals surface area contributed by atoms with Gasteiger partial charge in [0, 0.05) is 25.7 Å². The van der Waals surface area contributed by atoms with Crippen LogP contribution >= 0.6 is 0 Å². The van der Waals surface area contributed by atoms with Crippen LogP contribution in [-0.2, 0) is 10.0 Å². The van der Waals surface area contributed by atoms with Gasteiger partial charge in [0.1, 0.15) is 5.69 Å². The summed E-state index contributed by atoms with van der Waals surface area (Å²) in [5, 5.41) is 13.9. The first-order valence-corrected chi connectivity index (χ1v) is 8.32. The van der Waals surface area contributed by atoms with Gasteiger partial charge >= 0.3 is 0 Å². The van der Waals surface area contributed by atoms with Crippen LogP contribution in [0.3, 0.4) is 0 Å². The Morgan fingerprint density at radius 2 is 2.10 bits per heavy atom. The van der Waals surface area contributed by atoms with Gasteiger partial charge < -0.3 is 5.32 Å². The Morgan fingerprint density at radius 3 is 2.62 bits per heavy atom. The Kier molecular flexibility index (Phi) is 4.48. The molecular weight excluding hydrogens is 294 g/mol. The summed E-state index contributed by atoms with van der Waals surface area (Å²) in [7, 11) is -2.05. The number of hydrogen-bond acceptors (Lipinski definition) is 5. The molecule has 1 aromatic rings. The van der Waals surface area contributed by atoms with Gasteiger partial charge in [0.05, 0.1) is 9.82 Å². The maximum absolute atomic E-state index is 12.4. The monoisotopic (exact) mass is 313 g/mol. The maximum Gasteiger partial charge on any atom is 0.292 e. The highest BCUT2D eigenvalue weighted by molar-refractivity contribution is 7.89. The zero-order valence-corrected chi connectivity index (χ0v) is 12.9. The molecule has 0 spiro atoms. The summed E-state index contributed by atoms with van der Waals surface area (Å²) in [4.78, 5) is 10.6. The molecule has 0 saturated heterocycles. The summed E-state index contributed by atoms with van der Waals surface area (Å²) in [6.45, 7) is 2.48. The Balaban J connectivity index is 2.38. The van der Waals surface area contributed by atoms with E-state index in [2.05, 4.69) is 5.32 Å². The third-order valence-corrected chi connectivity index (χ3v) is 5.37. The number of anilines is 1. The van der Waals surface area contributed by atoms with E-state index in [-0.39, 0.29) is 22.3 Å². The van der Waals surface area contributed by atoms with Crippen LogP contribution in [0, 0.1) is 10.1 Å². The fourth-order valence-corrected chi connectivity index (χ4v) is 3.48. The van der Waals surface area contributed by atoms with E-state index in [1.54, 1.807) is 7.05 Å². The Labute approximate surface area is 124 Å². The van der Waals surface area contributed by atoms with Crippen molar-refractivity contribution < 1.29 is 13.3 Å². The van der Waals surface area contributed by atoms with Crippen LogP contribution in [0.25, 0.3) is 0 Å². The number of benzene rings is 1. The summed E-state index contributed by atoms with van der Waals surface area (Å²) in [5.74, 6) is 0. The maximum atomic E-state index is 12.4. The fraction of sp³-hybridized carbons (Fsp3) is 0.538. The molecule has 1 N–H and O–H groups in total. The Hall–Kier alpha value is -1.67. The number of sulfonamides is 1. The van der Waals surface area contributed by atoms with Gasteiger partial charge in [-0.05, 0) is 31.4 Å². The van der Waals surface area contributed by atoms with Crippen molar-refractivity contribution in [2.75, 3.05) is 18.9 Å². The van der Waals surface area contributed by atoms with E-state index in [1.807, 2.05) is 6.92 Å². The van der Waals surface area contributed by atoms with Gasteiger partial charge in [-0.2, -0.15) is 4.31 Å². The molecule has 116 valence electrons. The van der Waals surface area contributed by atoms with Gasteiger partial charge in [-0.1, -0.05) is 6.92 Å². The first-order valence-electron chi connectivity index (χ1n) is 6.88. The quantitative estimate of drug-likeness (QED) is 0.615. The standard InChI is InChI=1S/C13H19N3O4S/c1-3-8-14-12-9-11(6-7-13(12)16(17)18)21(19,20)15(2)10-4-5-10/h6-7,9-10,14H,3-5,8H2,1-2H3. The third-order valence-electron chi connectivity index (χ3n) is 3.47. The van der Waals surface area contributed by atoms with Gasteiger partial charge in [0.15, 0.2) is 0 Å². The topological polar surface area (TPSA) is 92.6 Å². The molecule has 8 heteroatoms. The molecule has 0 radical (unpaired) electrons. The molecule has 7 nitrogen and oxygen atoms in total. The highest BCUT2D eigenvalue weighted by atomic mass is 32.2. The number of nitrogens with one attached hydrogen (secondary N) is 1. The second-order valence-corrected chi connectivity index (χ2v) is 7.11. The second kappa shape index (κ2) is 5.98. The number of nitrogens with zero attached hydrogens (tertiary/aromatic N) is 2. The van der Waals surface area contributed by atoms with Gasteiger partial charge in [0.2, 0.25) is 10.0 Å². The molecule has 0 aromatic heterocycles. The van der Waals surface area contributed by atoms with Crippen molar-refractivity contribution in [3.63, 3.8) is 0 Å². The predicted octanol–water partition coefficient (Wildman–Crippen LogP) is 2.20. The van der Waals surface area contributed by atoms with E-state index in [1.165, 1.54) is 22.5 Å². The largest absolute Gasteiger partial charge is 0.379 e. The van der Waals surface area contributed by atoms with Crippen molar-refractivity contribution in [2.24, 2.45) is 0 Å². The molecular formula is C13H19N3O4S. The average Bonchev–Trinajstić information content (AvgIpc) is 3.28. The van der Waals surface area contributed by atoms with Crippen LogP contribution in [0.1, 0.15) is 26.2 Å². The molecule has 0 unspecified atom stereocenters. The Morgan fingerprint density at radius 1 is 1.43 bits per heavy atom. The molecule has 1 aromatic carbocycles. The van der Waals surface area contributed by atoms with Gasteiger partial charge in [-0.15, -0.1) is 0 Å². The van der Waals surface area contributed by atoms with E-state index in [0.29, 0.717) is 6.54 Å². The lowest BCUT2D eigenvalue weighted by atomic mass is 10.2. The van der Waals surface area contributed by atoms with E-state index >= 15 is 0 Å². The minimum absolute atomic E-state index is 0.0530. The summed E-state index contributed by atoms with van der Waals surface area (Å²) >= 11 is 0. The Bertz CT molecular complexity index is 641. The van der Waals surface area contributed by atoms with Gasteiger partial charge in [-0.25, -0.2) is 8.42 Å². The fourth-order valence-electron chi connectivity index (χ4n) is 2.04. The van der Waals surface area contributed by atoms with Crippen molar-refractivity contribution in [1.82, 2.24) is 4.31 Å². The highest BCUT2D eigenvalue weighted by Gasteiger charge is 2.35. The molecule has 0 atom stereocenters. The van der Waals surface area contributed by atoms with Crippen molar-refractivity contribution in [1.29, 1.82) is 0 Å². The van der Waals surface area contributed by atoms with Crippen molar-refractivity contribution in [3.8, 4) is 0 Å². The first kappa shape index (κ1) is 15.7. The molecule has 0 amide bonds. The molecule has 2 rings (SSSR count). The van der Waals surface area contributed by atoms with Crippen LogP contribution in [0.5, 0.6) is 0 Å². The molecule has 1 aliphatic carbocycles. The second-order valence-electron chi connectivity index (χ2n) is 5.12. The minimum Gasteiger partial charge on any atom is -0.379 e.